The highest BCUT2D eigenvalue weighted by Crippen LogP contribution is 2.15. The summed E-state index contributed by atoms with van der Waals surface area (Å²) in [6, 6.07) is 0.621. The average Bonchev–Trinajstić information content (AvgIpc) is 2.17. The van der Waals surface area contributed by atoms with Gasteiger partial charge in [0.05, 0.1) is 6.54 Å². The number of piperidine rings is 1. The lowest BCUT2D eigenvalue weighted by molar-refractivity contribution is -0.123. The number of nitrogens with one attached hydrogen (secondary N) is 1. The summed E-state index contributed by atoms with van der Waals surface area (Å²) in [6.07, 6.45) is 3.56. The number of halogens is 1. The molecule has 1 unspecified atom stereocenters. The molecule has 0 spiro atoms. The summed E-state index contributed by atoms with van der Waals surface area (Å²) < 4.78 is 0. The van der Waals surface area contributed by atoms with E-state index in [0.29, 0.717) is 19.1 Å². The zero-order valence-corrected chi connectivity index (χ0v) is 11.1. The Labute approximate surface area is 104 Å². The van der Waals surface area contributed by atoms with E-state index in [1.807, 2.05) is 13.8 Å². The first-order valence-corrected chi connectivity index (χ1v) is 5.87. The van der Waals surface area contributed by atoms with Crippen molar-refractivity contribution in [1.82, 2.24) is 10.2 Å². The molecule has 1 saturated heterocycles. The number of hydrogen-bond acceptors (Lipinski definition) is 3. The summed E-state index contributed by atoms with van der Waals surface area (Å²) in [5.74, 6) is 0.116. The van der Waals surface area contributed by atoms with Gasteiger partial charge in [0.25, 0.3) is 0 Å². The van der Waals surface area contributed by atoms with Crippen LogP contribution in [0.15, 0.2) is 0 Å². The van der Waals surface area contributed by atoms with Crippen molar-refractivity contribution in [3.8, 4) is 0 Å². The van der Waals surface area contributed by atoms with Gasteiger partial charge in [-0.15, -0.1) is 12.4 Å². The van der Waals surface area contributed by atoms with Crippen LogP contribution >= 0.6 is 12.4 Å². The Bertz CT molecular complexity index is 211. The molecule has 0 aliphatic carbocycles. The molecular formula is C11H24ClN3O. The monoisotopic (exact) mass is 249 g/mol. The standard InChI is InChI=1S/C11H23N3O.ClH/c1-9(2)13-11(15)8-14-6-4-3-5-10(14)7-12;/h9-10H,3-8,12H2,1-2H3,(H,13,15);1H. The SMILES string of the molecule is CC(C)NC(=O)CN1CCCCC1CN.Cl. The molecule has 1 amide bonds. The molecule has 0 aromatic rings. The smallest absolute Gasteiger partial charge is 0.234 e. The van der Waals surface area contributed by atoms with Gasteiger partial charge in [0.1, 0.15) is 0 Å². The maximum atomic E-state index is 11.6. The van der Waals surface area contributed by atoms with Gasteiger partial charge < -0.3 is 11.1 Å². The Hall–Kier alpha value is -0.320. The molecule has 1 atom stereocenters. The highest BCUT2D eigenvalue weighted by Gasteiger charge is 2.22. The van der Waals surface area contributed by atoms with Crippen LogP contribution in [0.4, 0.5) is 0 Å². The van der Waals surface area contributed by atoms with Crippen LogP contribution in [0.3, 0.4) is 0 Å². The molecule has 1 aliphatic heterocycles. The van der Waals surface area contributed by atoms with Crippen LogP contribution < -0.4 is 11.1 Å². The lowest BCUT2D eigenvalue weighted by Gasteiger charge is -2.34. The lowest BCUT2D eigenvalue weighted by atomic mass is 10.0. The van der Waals surface area contributed by atoms with Gasteiger partial charge in [-0.05, 0) is 33.2 Å². The minimum absolute atomic E-state index is 0. The van der Waals surface area contributed by atoms with Crippen molar-refractivity contribution in [2.75, 3.05) is 19.6 Å². The first kappa shape index (κ1) is 15.7. The highest BCUT2D eigenvalue weighted by molar-refractivity contribution is 5.85. The van der Waals surface area contributed by atoms with Gasteiger partial charge in [0.15, 0.2) is 0 Å². The number of hydrogen-bond donors (Lipinski definition) is 2. The first-order chi connectivity index (χ1) is 7.13. The van der Waals surface area contributed by atoms with E-state index in [-0.39, 0.29) is 24.4 Å². The quantitative estimate of drug-likeness (QED) is 0.773. The summed E-state index contributed by atoms with van der Waals surface area (Å²) in [5.41, 5.74) is 5.70. The molecule has 0 bridgehead atoms. The first-order valence-electron chi connectivity index (χ1n) is 5.87. The van der Waals surface area contributed by atoms with Crippen molar-refractivity contribution in [2.24, 2.45) is 5.73 Å². The number of rotatable bonds is 4. The molecule has 1 fully saturated rings. The normalized spacial score (nSPS) is 21.6. The molecule has 0 aromatic heterocycles. The van der Waals surface area contributed by atoms with E-state index >= 15 is 0 Å². The zero-order valence-electron chi connectivity index (χ0n) is 10.2. The third-order valence-electron chi connectivity index (χ3n) is 2.82. The molecule has 96 valence electrons. The fourth-order valence-electron chi connectivity index (χ4n) is 2.09. The van der Waals surface area contributed by atoms with Gasteiger partial charge in [-0.2, -0.15) is 0 Å². The van der Waals surface area contributed by atoms with Crippen molar-refractivity contribution in [3.63, 3.8) is 0 Å². The van der Waals surface area contributed by atoms with Crippen molar-refractivity contribution in [3.05, 3.63) is 0 Å². The molecule has 1 heterocycles. The van der Waals surface area contributed by atoms with E-state index in [2.05, 4.69) is 10.2 Å². The maximum absolute atomic E-state index is 11.6. The van der Waals surface area contributed by atoms with Gasteiger partial charge in [-0.1, -0.05) is 6.42 Å². The van der Waals surface area contributed by atoms with Crippen LogP contribution in [-0.4, -0.2) is 42.5 Å². The predicted octanol–water partition coefficient (Wildman–Crippen LogP) is 0.746. The molecule has 5 heteroatoms. The lowest BCUT2D eigenvalue weighted by Crippen LogP contribution is -2.49. The topological polar surface area (TPSA) is 58.4 Å². The van der Waals surface area contributed by atoms with Crippen molar-refractivity contribution < 1.29 is 4.79 Å². The number of nitrogens with two attached hydrogens (primary N) is 1. The fraction of sp³-hybridized carbons (Fsp3) is 0.909. The second-order valence-corrected chi connectivity index (χ2v) is 4.58. The minimum atomic E-state index is 0. The van der Waals surface area contributed by atoms with Crippen LogP contribution in [0.2, 0.25) is 0 Å². The summed E-state index contributed by atoms with van der Waals surface area (Å²) in [6.45, 7) is 6.13. The van der Waals surface area contributed by atoms with Crippen LogP contribution in [0, 0.1) is 0 Å². The molecule has 16 heavy (non-hydrogen) atoms. The Morgan fingerprint density at radius 3 is 2.75 bits per heavy atom. The second-order valence-electron chi connectivity index (χ2n) is 4.58. The number of carbonyl (C=O) groups excluding carboxylic acids is 1. The summed E-state index contributed by atoms with van der Waals surface area (Å²) in [4.78, 5) is 13.8. The van der Waals surface area contributed by atoms with Crippen LogP contribution in [0.25, 0.3) is 0 Å². The van der Waals surface area contributed by atoms with E-state index < -0.39 is 0 Å². The Balaban J connectivity index is 0.00000225. The molecular weight excluding hydrogens is 226 g/mol. The molecule has 4 nitrogen and oxygen atoms in total. The Morgan fingerprint density at radius 1 is 1.50 bits per heavy atom. The van der Waals surface area contributed by atoms with Crippen molar-refractivity contribution in [2.45, 2.75) is 45.2 Å². The maximum Gasteiger partial charge on any atom is 0.234 e. The summed E-state index contributed by atoms with van der Waals surface area (Å²) >= 11 is 0. The van der Waals surface area contributed by atoms with Crippen molar-refractivity contribution >= 4 is 18.3 Å². The third-order valence-corrected chi connectivity index (χ3v) is 2.82. The minimum Gasteiger partial charge on any atom is -0.353 e. The number of amides is 1. The molecule has 0 aromatic carbocycles. The largest absolute Gasteiger partial charge is 0.353 e. The van der Waals surface area contributed by atoms with E-state index in [4.69, 9.17) is 5.73 Å². The Morgan fingerprint density at radius 2 is 2.19 bits per heavy atom. The van der Waals surface area contributed by atoms with Crippen LogP contribution in [0.5, 0.6) is 0 Å². The van der Waals surface area contributed by atoms with E-state index in [9.17, 15) is 4.79 Å². The van der Waals surface area contributed by atoms with Crippen LogP contribution in [0.1, 0.15) is 33.1 Å². The zero-order chi connectivity index (χ0) is 11.3. The van der Waals surface area contributed by atoms with Gasteiger partial charge >= 0.3 is 0 Å². The van der Waals surface area contributed by atoms with Gasteiger partial charge in [0, 0.05) is 18.6 Å². The third kappa shape index (κ3) is 5.14. The van der Waals surface area contributed by atoms with Gasteiger partial charge in [-0.25, -0.2) is 0 Å². The highest BCUT2D eigenvalue weighted by atomic mass is 35.5. The Kier molecular flexibility index (Phi) is 7.72. The molecule has 3 N–H and O–H groups in total. The summed E-state index contributed by atoms with van der Waals surface area (Å²) in [5, 5.41) is 2.91. The van der Waals surface area contributed by atoms with Crippen molar-refractivity contribution in [1.29, 1.82) is 0 Å². The number of likely N-dealkylation sites (tertiary alicyclic amines) is 1. The summed E-state index contributed by atoms with van der Waals surface area (Å²) in [7, 11) is 0. The molecule has 1 rings (SSSR count). The molecule has 1 aliphatic rings. The predicted molar refractivity (Wildman–Crippen MR) is 68.8 cm³/mol. The fourth-order valence-corrected chi connectivity index (χ4v) is 2.09. The van der Waals surface area contributed by atoms with E-state index in [0.717, 1.165) is 13.0 Å². The van der Waals surface area contributed by atoms with E-state index in [1.54, 1.807) is 0 Å². The van der Waals surface area contributed by atoms with Gasteiger partial charge in [-0.3, -0.25) is 9.69 Å². The van der Waals surface area contributed by atoms with Gasteiger partial charge in [0.2, 0.25) is 5.91 Å². The number of carbonyl (C=O) groups is 1. The number of nitrogens with zero attached hydrogens (tertiary/aromatic N) is 1. The van der Waals surface area contributed by atoms with E-state index in [1.165, 1.54) is 12.8 Å². The average molecular weight is 250 g/mol. The van der Waals surface area contributed by atoms with Crippen LogP contribution in [-0.2, 0) is 4.79 Å². The molecule has 0 saturated carbocycles. The molecule has 0 radical (unpaired) electrons. The second kappa shape index (κ2) is 7.87.